The zero-order chi connectivity index (χ0) is 24.6. The van der Waals surface area contributed by atoms with Gasteiger partial charge >= 0.3 is 6.09 Å². The lowest BCUT2D eigenvalue weighted by molar-refractivity contribution is -0.108. The molecule has 0 aliphatic heterocycles. The second-order valence-electron chi connectivity index (χ2n) is 10.0. The Hall–Kier alpha value is -0.810. The molecule has 0 rings (SSSR count). The molecule has 5 heteroatoms. The highest BCUT2D eigenvalue weighted by atomic mass is 16.6. The maximum atomic E-state index is 11.6. The molecule has 4 N–H and O–H groups in total. The molecule has 1 atom stereocenters. The Labute approximate surface area is 205 Å². The van der Waals surface area contributed by atoms with E-state index in [1.165, 1.54) is 89.9 Å². The molecule has 5 nitrogen and oxygen atoms in total. The molecule has 0 aliphatic rings. The molecule has 0 saturated heterocycles. The second-order valence-corrected chi connectivity index (χ2v) is 10.0. The van der Waals surface area contributed by atoms with Crippen LogP contribution in [0.25, 0.3) is 0 Å². The van der Waals surface area contributed by atoms with Crippen LogP contribution in [-0.4, -0.2) is 34.6 Å². The number of nitrogens with two attached hydrogens (primary N) is 1. The van der Waals surface area contributed by atoms with Gasteiger partial charge in [-0.1, -0.05) is 129 Å². The van der Waals surface area contributed by atoms with Crippen LogP contribution in [0.2, 0.25) is 0 Å². The van der Waals surface area contributed by atoms with Gasteiger partial charge in [-0.15, -0.1) is 0 Å². The minimum atomic E-state index is -1.08. The number of hydrogen-bond donors (Lipinski definition) is 3. The standard InChI is InChI=1S/C28H57NO4/c1-3-5-7-9-11-13-15-17-19-21-23-28(26(31)25-30,33-27(29)32)24-22-20-18-16-14-12-10-8-6-4-2/h26,30-31H,3-25H2,1-2H3,(H2,29,32). The van der Waals surface area contributed by atoms with Crippen LogP contribution in [0.4, 0.5) is 4.79 Å². The van der Waals surface area contributed by atoms with Crippen LogP contribution in [0.1, 0.15) is 155 Å². The summed E-state index contributed by atoms with van der Waals surface area (Å²) >= 11 is 0. The lowest BCUT2D eigenvalue weighted by atomic mass is 9.84. The van der Waals surface area contributed by atoms with E-state index < -0.39 is 24.4 Å². The molecule has 1 unspecified atom stereocenters. The number of primary amides is 1. The Morgan fingerprint density at radius 3 is 1.24 bits per heavy atom. The van der Waals surface area contributed by atoms with Crippen LogP contribution in [0.15, 0.2) is 0 Å². The fourth-order valence-corrected chi connectivity index (χ4v) is 4.82. The van der Waals surface area contributed by atoms with Crippen molar-refractivity contribution in [3.8, 4) is 0 Å². The van der Waals surface area contributed by atoms with Gasteiger partial charge in [-0.2, -0.15) is 0 Å². The van der Waals surface area contributed by atoms with Crippen molar-refractivity contribution in [2.75, 3.05) is 6.61 Å². The van der Waals surface area contributed by atoms with Gasteiger partial charge in [0.25, 0.3) is 0 Å². The second kappa shape index (κ2) is 23.0. The average molecular weight is 472 g/mol. The molecule has 0 fully saturated rings. The summed E-state index contributed by atoms with van der Waals surface area (Å²) in [5.41, 5.74) is 4.30. The van der Waals surface area contributed by atoms with Crippen molar-refractivity contribution in [2.45, 2.75) is 167 Å². The predicted molar refractivity (Wildman–Crippen MR) is 139 cm³/mol. The minimum absolute atomic E-state index is 0.414. The Bertz CT molecular complexity index is 406. The average Bonchev–Trinajstić information content (AvgIpc) is 2.80. The molecule has 0 aromatic carbocycles. The lowest BCUT2D eigenvalue weighted by Gasteiger charge is -2.36. The molecule has 0 aromatic rings. The quantitative estimate of drug-likeness (QED) is 0.118. The van der Waals surface area contributed by atoms with E-state index in [2.05, 4.69) is 13.8 Å². The van der Waals surface area contributed by atoms with Crippen LogP contribution in [0.3, 0.4) is 0 Å². The van der Waals surface area contributed by atoms with Crippen molar-refractivity contribution in [2.24, 2.45) is 5.73 Å². The zero-order valence-corrected chi connectivity index (χ0v) is 22.1. The Balaban J connectivity index is 4.26. The maximum absolute atomic E-state index is 11.6. The molecule has 0 spiro atoms. The van der Waals surface area contributed by atoms with Crippen LogP contribution in [0.5, 0.6) is 0 Å². The highest BCUT2D eigenvalue weighted by Gasteiger charge is 2.40. The van der Waals surface area contributed by atoms with Gasteiger partial charge in [-0.3, -0.25) is 0 Å². The van der Waals surface area contributed by atoms with Gasteiger partial charge in [0.05, 0.1) is 6.61 Å². The number of hydrogen-bond acceptors (Lipinski definition) is 4. The largest absolute Gasteiger partial charge is 0.440 e. The third-order valence-electron chi connectivity index (χ3n) is 6.99. The number of rotatable bonds is 25. The topological polar surface area (TPSA) is 92.8 Å². The van der Waals surface area contributed by atoms with E-state index >= 15 is 0 Å². The van der Waals surface area contributed by atoms with Gasteiger partial charge in [-0.05, 0) is 25.7 Å². The van der Waals surface area contributed by atoms with E-state index in [0.717, 1.165) is 38.5 Å². The highest BCUT2D eigenvalue weighted by Crippen LogP contribution is 2.31. The van der Waals surface area contributed by atoms with Crippen molar-refractivity contribution in [1.82, 2.24) is 0 Å². The molecule has 0 radical (unpaired) electrons. The maximum Gasteiger partial charge on any atom is 0.405 e. The predicted octanol–water partition coefficient (Wildman–Crippen LogP) is 7.80. The summed E-state index contributed by atoms with van der Waals surface area (Å²) in [6.07, 6.45) is 23.6. The van der Waals surface area contributed by atoms with Crippen molar-refractivity contribution < 1.29 is 19.7 Å². The molecule has 0 bridgehead atoms. The lowest BCUT2D eigenvalue weighted by Crippen LogP contribution is -2.49. The van der Waals surface area contributed by atoms with Crippen LogP contribution in [-0.2, 0) is 4.74 Å². The third-order valence-corrected chi connectivity index (χ3v) is 6.99. The summed E-state index contributed by atoms with van der Waals surface area (Å²) in [5, 5.41) is 20.1. The first-order chi connectivity index (χ1) is 16.0. The molecule has 198 valence electrons. The van der Waals surface area contributed by atoms with Crippen molar-refractivity contribution in [1.29, 1.82) is 0 Å². The van der Waals surface area contributed by atoms with E-state index in [1.54, 1.807) is 0 Å². The van der Waals surface area contributed by atoms with Crippen LogP contribution in [0, 0.1) is 0 Å². The van der Waals surface area contributed by atoms with Crippen LogP contribution >= 0.6 is 0 Å². The number of aliphatic hydroxyl groups excluding tert-OH is 2. The fraction of sp³-hybridized carbons (Fsp3) is 0.964. The number of ether oxygens (including phenoxy) is 1. The molecular weight excluding hydrogens is 414 g/mol. The van der Waals surface area contributed by atoms with Gasteiger partial charge in [-0.25, -0.2) is 4.79 Å². The Morgan fingerprint density at radius 2 is 0.970 bits per heavy atom. The molecule has 33 heavy (non-hydrogen) atoms. The fourth-order valence-electron chi connectivity index (χ4n) is 4.82. The van der Waals surface area contributed by atoms with Crippen molar-refractivity contribution in [3.63, 3.8) is 0 Å². The summed E-state index contributed by atoms with van der Waals surface area (Å²) in [6, 6.07) is 0. The molecule has 0 aromatic heterocycles. The molecule has 0 heterocycles. The van der Waals surface area contributed by atoms with Gasteiger partial charge in [0.1, 0.15) is 11.7 Å². The Kier molecular flexibility index (Phi) is 22.4. The molecule has 1 amide bonds. The first kappa shape index (κ1) is 32.2. The van der Waals surface area contributed by atoms with Gasteiger partial charge in [0, 0.05) is 0 Å². The summed E-state index contributed by atoms with van der Waals surface area (Å²) in [7, 11) is 0. The van der Waals surface area contributed by atoms with Gasteiger partial charge in [0.2, 0.25) is 0 Å². The van der Waals surface area contributed by atoms with E-state index in [1.807, 2.05) is 0 Å². The van der Waals surface area contributed by atoms with Crippen LogP contribution < -0.4 is 5.73 Å². The van der Waals surface area contributed by atoms with Gasteiger partial charge < -0.3 is 20.7 Å². The summed E-state index contributed by atoms with van der Waals surface area (Å²) < 4.78 is 5.48. The number of carbonyl (C=O) groups excluding carboxylic acids is 1. The number of carbonyl (C=O) groups is 1. The van der Waals surface area contributed by atoms with Gasteiger partial charge in [0.15, 0.2) is 0 Å². The van der Waals surface area contributed by atoms with Crippen molar-refractivity contribution >= 4 is 6.09 Å². The highest BCUT2D eigenvalue weighted by molar-refractivity contribution is 5.65. The van der Waals surface area contributed by atoms with Crippen molar-refractivity contribution in [3.05, 3.63) is 0 Å². The smallest absolute Gasteiger partial charge is 0.405 e. The minimum Gasteiger partial charge on any atom is -0.440 e. The first-order valence-corrected chi connectivity index (χ1v) is 14.3. The number of unbranched alkanes of at least 4 members (excludes halogenated alkanes) is 18. The summed E-state index contributed by atoms with van der Waals surface area (Å²) in [5.74, 6) is 0. The van der Waals surface area contributed by atoms with E-state index in [9.17, 15) is 15.0 Å². The molecular formula is C28H57NO4. The van der Waals surface area contributed by atoms with E-state index in [4.69, 9.17) is 10.5 Å². The third kappa shape index (κ3) is 18.2. The molecule has 0 aliphatic carbocycles. The zero-order valence-electron chi connectivity index (χ0n) is 22.1. The Morgan fingerprint density at radius 1 is 0.667 bits per heavy atom. The normalized spacial score (nSPS) is 12.7. The van der Waals surface area contributed by atoms with E-state index in [-0.39, 0.29) is 0 Å². The van der Waals surface area contributed by atoms with E-state index in [0.29, 0.717) is 12.8 Å². The molecule has 0 saturated carbocycles. The first-order valence-electron chi connectivity index (χ1n) is 14.3. The summed E-state index contributed by atoms with van der Waals surface area (Å²) in [6.45, 7) is 4.07. The number of amides is 1. The monoisotopic (exact) mass is 471 g/mol. The summed E-state index contributed by atoms with van der Waals surface area (Å²) in [4.78, 5) is 11.6. The SMILES string of the molecule is CCCCCCCCCCCCC(CCCCCCCCCCCC)(OC(N)=O)C(O)CO. The number of aliphatic hydroxyl groups is 2.